The Bertz CT molecular complexity index is 495. The fourth-order valence-corrected chi connectivity index (χ4v) is 3.64. The lowest BCUT2D eigenvalue weighted by Gasteiger charge is -2.19. The number of carboxylic acid groups (broad SMARTS) is 2. The van der Waals surface area contributed by atoms with E-state index in [2.05, 4.69) is 0 Å². The van der Waals surface area contributed by atoms with E-state index in [1.54, 1.807) is 0 Å². The number of carbonyl (C=O) groups excluding carboxylic acids is 1. The summed E-state index contributed by atoms with van der Waals surface area (Å²) < 4.78 is 5.42. The van der Waals surface area contributed by atoms with Crippen LogP contribution in [-0.2, 0) is 19.1 Å². The monoisotopic (exact) mass is 324 g/mol. The van der Waals surface area contributed by atoms with Crippen LogP contribution in [-0.4, -0.2) is 34.2 Å². The number of carboxylic acids is 2. The second kappa shape index (κ2) is 8.13. The van der Waals surface area contributed by atoms with E-state index in [-0.39, 0.29) is 24.0 Å². The first-order chi connectivity index (χ1) is 11.0. The highest BCUT2D eigenvalue weighted by Crippen LogP contribution is 2.36. The molecule has 128 valence electrons. The van der Waals surface area contributed by atoms with Crippen LogP contribution >= 0.6 is 0 Å². The van der Waals surface area contributed by atoms with Crippen LogP contribution in [0.25, 0.3) is 0 Å². The molecule has 0 aromatic heterocycles. The van der Waals surface area contributed by atoms with Crippen LogP contribution in [0.5, 0.6) is 0 Å². The summed E-state index contributed by atoms with van der Waals surface area (Å²) in [5, 5.41) is 18.4. The molecule has 0 saturated heterocycles. The minimum Gasteiger partial charge on any atom is -0.481 e. The summed E-state index contributed by atoms with van der Waals surface area (Å²) in [6, 6.07) is 0. The first kappa shape index (κ1) is 17.5. The summed E-state index contributed by atoms with van der Waals surface area (Å²) in [6.45, 7) is 0. The van der Waals surface area contributed by atoms with Crippen molar-refractivity contribution in [2.75, 3.05) is 0 Å². The molecule has 0 amide bonds. The Morgan fingerprint density at radius 2 is 1.43 bits per heavy atom. The van der Waals surface area contributed by atoms with Crippen LogP contribution in [0.1, 0.15) is 64.2 Å². The zero-order valence-corrected chi connectivity index (χ0v) is 13.3. The Labute approximate surface area is 135 Å². The van der Waals surface area contributed by atoms with E-state index in [1.807, 2.05) is 0 Å². The van der Waals surface area contributed by atoms with E-state index in [0.29, 0.717) is 5.57 Å². The molecule has 0 radical (unpaired) electrons. The van der Waals surface area contributed by atoms with Crippen LogP contribution in [0.15, 0.2) is 11.1 Å². The highest BCUT2D eigenvalue weighted by atomic mass is 16.5. The number of hydrogen-bond donors (Lipinski definition) is 2. The summed E-state index contributed by atoms with van der Waals surface area (Å²) in [5.41, 5.74) is 0.313. The molecule has 23 heavy (non-hydrogen) atoms. The van der Waals surface area contributed by atoms with Crippen molar-refractivity contribution >= 4 is 17.9 Å². The van der Waals surface area contributed by atoms with Crippen molar-refractivity contribution in [1.29, 1.82) is 0 Å². The van der Waals surface area contributed by atoms with Crippen molar-refractivity contribution in [2.24, 2.45) is 5.92 Å². The molecule has 2 aliphatic carbocycles. The predicted octanol–water partition coefficient (Wildman–Crippen LogP) is 2.91. The lowest BCUT2D eigenvalue weighted by atomic mass is 9.89. The summed E-state index contributed by atoms with van der Waals surface area (Å²) in [5.74, 6) is -2.88. The zero-order chi connectivity index (χ0) is 16.8. The molecule has 2 aliphatic rings. The number of carbonyl (C=O) groups is 3. The smallest absolute Gasteiger partial charge is 0.332 e. The lowest BCUT2D eigenvalue weighted by Crippen LogP contribution is -2.20. The molecule has 2 fully saturated rings. The molecule has 6 nitrogen and oxygen atoms in total. The second-order valence-electron chi connectivity index (χ2n) is 6.43. The van der Waals surface area contributed by atoms with Crippen molar-refractivity contribution in [3.05, 3.63) is 11.1 Å². The van der Waals surface area contributed by atoms with Gasteiger partial charge in [-0.25, -0.2) is 4.79 Å². The van der Waals surface area contributed by atoms with Crippen LogP contribution in [0.3, 0.4) is 0 Å². The van der Waals surface area contributed by atoms with Gasteiger partial charge < -0.3 is 14.9 Å². The van der Waals surface area contributed by atoms with E-state index in [4.69, 9.17) is 9.84 Å². The van der Waals surface area contributed by atoms with Crippen molar-refractivity contribution in [3.8, 4) is 0 Å². The van der Waals surface area contributed by atoms with Gasteiger partial charge in [0.05, 0.1) is 12.8 Å². The maximum absolute atomic E-state index is 12.2. The van der Waals surface area contributed by atoms with E-state index < -0.39 is 24.3 Å². The molecule has 2 rings (SSSR count). The molecule has 2 saturated carbocycles. The first-order valence-corrected chi connectivity index (χ1v) is 8.34. The number of aliphatic carboxylic acids is 2. The van der Waals surface area contributed by atoms with E-state index >= 15 is 0 Å². The van der Waals surface area contributed by atoms with Crippen LogP contribution in [0, 0.1) is 5.92 Å². The van der Waals surface area contributed by atoms with Gasteiger partial charge in [-0.1, -0.05) is 12.8 Å². The molecule has 2 N–H and O–H groups in total. The molecule has 0 heterocycles. The minimum atomic E-state index is -1.25. The molecule has 0 bridgehead atoms. The second-order valence-corrected chi connectivity index (χ2v) is 6.43. The largest absolute Gasteiger partial charge is 0.481 e. The molecular formula is C17H24O6. The Morgan fingerprint density at radius 1 is 0.870 bits per heavy atom. The van der Waals surface area contributed by atoms with Gasteiger partial charge in [0, 0.05) is 5.57 Å². The van der Waals surface area contributed by atoms with Crippen molar-refractivity contribution in [3.63, 3.8) is 0 Å². The average Bonchev–Trinajstić information content (AvgIpc) is 3.15. The molecule has 6 heteroatoms. The molecule has 0 spiro atoms. The topological polar surface area (TPSA) is 101 Å². The predicted molar refractivity (Wildman–Crippen MR) is 81.8 cm³/mol. The van der Waals surface area contributed by atoms with E-state index in [9.17, 15) is 19.5 Å². The highest BCUT2D eigenvalue weighted by molar-refractivity contribution is 5.94. The van der Waals surface area contributed by atoms with E-state index in [0.717, 1.165) is 51.4 Å². The lowest BCUT2D eigenvalue weighted by molar-refractivity contribution is -0.148. The first-order valence-electron chi connectivity index (χ1n) is 8.34. The van der Waals surface area contributed by atoms with Gasteiger partial charge in [-0.2, -0.15) is 0 Å². The van der Waals surface area contributed by atoms with Crippen LogP contribution < -0.4 is 0 Å². The standard InChI is InChI=1S/C17H24O6/c18-15(19)9-14(17(21)22)13(11-5-1-2-6-11)10-16(20)23-12-7-3-4-8-12/h11-12H,1-10H2,(H,18,19)(H,21,22). The van der Waals surface area contributed by atoms with Gasteiger partial charge in [0.1, 0.15) is 6.10 Å². The van der Waals surface area contributed by atoms with Crippen molar-refractivity contribution in [1.82, 2.24) is 0 Å². The SMILES string of the molecule is O=C(O)CC(C(=O)O)=C(CC(=O)OC1CCCC1)C1CCCC1. The van der Waals surface area contributed by atoms with Gasteiger partial charge in [0.2, 0.25) is 0 Å². The van der Waals surface area contributed by atoms with E-state index in [1.165, 1.54) is 0 Å². The number of rotatable bonds is 7. The maximum Gasteiger partial charge on any atom is 0.332 e. The summed E-state index contributed by atoms with van der Waals surface area (Å²) >= 11 is 0. The molecule has 0 aliphatic heterocycles. The average molecular weight is 324 g/mol. The Balaban J connectivity index is 2.16. The third kappa shape index (κ3) is 5.08. The fraction of sp³-hybridized carbons (Fsp3) is 0.706. The molecule has 0 atom stereocenters. The number of hydrogen-bond acceptors (Lipinski definition) is 4. The quantitative estimate of drug-likeness (QED) is 0.551. The molecule has 0 aromatic rings. The Morgan fingerprint density at radius 3 is 1.96 bits per heavy atom. The fourth-order valence-electron chi connectivity index (χ4n) is 3.64. The van der Waals surface area contributed by atoms with Gasteiger partial charge >= 0.3 is 17.9 Å². The van der Waals surface area contributed by atoms with Crippen molar-refractivity contribution in [2.45, 2.75) is 70.3 Å². The maximum atomic E-state index is 12.2. The molecule has 0 unspecified atom stereocenters. The summed E-state index contributed by atoms with van der Waals surface area (Å²) in [7, 11) is 0. The Hall–Kier alpha value is -1.85. The highest BCUT2D eigenvalue weighted by Gasteiger charge is 2.29. The van der Waals surface area contributed by atoms with Gasteiger partial charge in [-0.05, 0) is 50.0 Å². The van der Waals surface area contributed by atoms with Gasteiger partial charge in [-0.15, -0.1) is 0 Å². The van der Waals surface area contributed by atoms with Gasteiger partial charge in [-0.3, -0.25) is 9.59 Å². The summed E-state index contributed by atoms with van der Waals surface area (Å²) in [6.07, 6.45) is 6.64. The van der Waals surface area contributed by atoms with Crippen LogP contribution in [0.4, 0.5) is 0 Å². The number of ether oxygens (including phenoxy) is 1. The molecular weight excluding hydrogens is 300 g/mol. The third-order valence-electron chi connectivity index (χ3n) is 4.76. The number of esters is 1. The Kier molecular flexibility index (Phi) is 6.19. The van der Waals surface area contributed by atoms with Crippen molar-refractivity contribution < 1.29 is 29.3 Å². The summed E-state index contributed by atoms with van der Waals surface area (Å²) in [4.78, 5) is 34.7. The van der Waals surface area contributed by atoms with Gasteiger partial charge in [0.15, 0.2) is 0 Å². The normalized spacial score (nSPS) is 20.3. The minimum absolute atomic E-state index is 0.0171. The van der Waals surface area contributed by atoms with Crippen LogP contribution in [0.2, 0.25) is 0 Å². The zero-order valence-electron chi connectivity index (χ0n) is 13.3. The molecule has 0 aromatic carbocycles. The van der Waals surface area contributed by atoms with Gasteiger partial charge in [0.25, 0.3) is 0 Å². The third-order valence-corrected chi connectivity index (χ3v) is 4.76.